The number of alkyl carbamates (subject to hydrolysis) is 1. The maximum atomic E-state index is 11.8. The van der Waals surface area contributed by atoms with E-state index in [9.17, 15) is 9.59 Å². The number of carbonyl (C=O) groups excluding carboxylic acids is 2. The molecule has 19 heavy (non-hydrogen) atoms. The van der Waals surface area contributed by atoms with Gasteiger partial charge in [-0.25, -0.2) is 9.59 Å². The highest BCUT2D eigenvalue weighted by Gasteiger charge is 2.27. The minimum atomic E-state index is -0.702. The molecule has 112 valence electrons. The first-order chi connectivity index (χ1) is 8.67. The van der Waals surface area contributed by atoms with E-state index in [2.05, 4.69) is 10.6 Å². The quantitative estimate of drug-likeness (QED) is 0.564. The zero-order chi connectivity index (χ0) is 15.1. The number of nitrogens with one attached hydrogen (secondary N) is 2. The fraction of sp³-hybridized carbons (Fsp3) is 0.846. The molecule has 0 bridgehead atoms. The highest BCUT2D eigenvalue weighted by Crippen LogP contribution is 2.09. The minimum Gasteiger partial charge on any atom is -0.463 e. The van der Waals surface area contributed by atoms with Crippen molar-refractivity contribution < 1.29 is 19.1 Å². The number of hydrogen-bond donors (Lipinski definition) is 2. The Bertz CT molecular complexity index is 298. The number of hydrogen-bond acceptors (Lipinski definition) is 5. The van der Waals surface area contributed by atoms with Crippen LogP contribution in [0, 0.1) is 5.92 Å². The summed E-state index contributed by atoms with van der Waals surface area (Å²) >= 11 is 0. The third-order valence-corrected chi connectivity index (χ3v) is 2.19. The van der Waals surface area contributed by atoms with Crippen LogP contribution in [0.1, 0.15) is 34.6 Å². The monoisotopic (exact) mass is 274 g/mol. The molecule has 0 spiro atoms. The van der Waals surface area contributed by atoms with Gasteiger partial charge in [0.25, 0.3) is 0 Å². The summed E-state index contributed by atoms with van der Waals surface area (Å²) in [7, 11) is 1.77. The van der Waals surface area contributed by atoms with E-state index >= 15 is 0 Å². The Morgan fingerprint density at radius 2 is 1.79 bits per heavy atom. The topological polar surface area (TPSA) is 76.7 Å². The number of ether oxygens (including phenoxy) is 2. The molecular weight excluding hydrogens is 248 g/mol. The zero-order valence-electron chi connectivity index (χ0n) is 12.7. The molecule has 1 amide bonds. The molecule has 0 aromatic rings. The Hall–Kier alpha value is -1.30. The molecule has 0 aliphatic heterocycles. The molecule has 6 heteroatoms. The van der Waals surface area contributed by atoms with Gasteiger partial charge in [-0.05, 0) is 33.7 Å². The molecule has 0 heterocycles. The molecular formula is C13H26N2O4. The van der Waals surface area contributed by atoms with E-state index in [1.54, 1.807) is 27.8 Å². The third-order valence-electron chi connectivity index (χ3n) is 2.19. The number of likely N-dealkylation sites (N-methyl/N-ethyl adjacent to an activating group) is 1. The lowest BCUT2D eigenvalue weighted by Gasteiger charge is -2.24. The molecule has 0 rings (SSSR count). The second-order valence-corrected chi connectivity index (χ2v) is 5.64. The Balaban J connectivity index is 4.40. The summed E-state index contributed by atoms with van der Waals surface area (Å²) in [5.41, 5.74) is -0.596. The van der Waals surface area contributed by atoms with E-state index in [0.717, 1.165) is 0 Å². The van der Waals surface area contributed by atoms with Crippen molar-refractivity contribution in [1.82, 2.24) is 10.6 Å². The fourth-order valence-corrected chi connectivity index (χ4v) is 1.28. The molecule has 0 aliphatic carbocycles. The Morgan fingerprint density at radius 1 is 1.21 bits per heavy atom. The van der Waals surface area contributed by atoms with Crippen molar-refractivity contribution in [2.75, 3.05) is 20.2 Å². The normalized spacial score (nSPS) is 13.0. The summed E-state index contributed by atoms with van der Waals surface area (Å²) in [5.74, 6) is -0.522. The molecule has 2 N–H and O–H groups in total. The van der Waals surface area contributed by atoms with Gasteiger partial charge in [-0.3, -0.25) is 0 Å². The smallest absolute Gasteiger partial charge is 0.408 e. The van der Waals surface area contributed by atoms with Gasteiger partial charge in [0.1, 0.15) is 18.2 Å². The number of amides is 1. The molecule has 6 nitrogen and oxygen atoms in total. The van der Waals surface area contributed by atoms with Crippen LogP contribution in [0.4, 0.5) is 4.79 Å². The summed E-state index contributed by atoms with van der Waals surface area (Å²) in [6, 6.07) is -0.702. The lowest BCUT2D eigenvalue weighted by Crippen LogP contribution is -2.47. The first-order valence-corrected chi connectivity index (χ1v) is 6.48. The highest BCUT2D eigenvalue weighted by atomic mass is 16.6. The van der Waals surface area contributed by atoms with E-state index in [-0.39, 0.29) is 12.5 Å². The van der Waals surface area contributed by atoms with Crippen molar-refractivity contribution >= 4 is 12.1 Å². The number of rotatable bonds is 6. The first-order valence-electron chi connectivity index (χ1n) is 6.48. The van der Waals surface area contributed by atoms with Gasteiger partial charge in [-0.1, -0.05) is 13.8 Å². The molecule has 1 atom stereocenters. The molecule has 0 aromatic carbocycles. The summed E-state index contributed by atoms with van der Waals surface area (Å²) in [6.45, 7) is 9.81. The number of esters is 1. The second kappa shape index (κ2) is 7.99. The van der Waals surface area contributed by atoms with E-state index in [0.29, 0.717) is 6.54 Å². The third kappa shape index (κ3) is 8.42. The standard InChI is InChI=1S/C13H26N2O4/c1-9(2)10(11(16)18-8-7-14-6)15-12(17)19-13(3,4)5/h9-10,14H,7-8H2,1-6H3,(H,15,17)/t10-/m0/s1. The molecule has 0 radical (unpaired) electrons. The van der Waals surface area contributed by atoms with Crippen molar-refractivity contribution in [3.8, 4) is 0 Å². The Kier molecular flexibility index (Phi) is 7.44. The molecule has 0 fully saturated rings. The van der Waals surface area contributed by atoms with Gasteiger partial charge in [0.05, 0.1) is 0 Å². The van der Waals surface area contributed by atoms with Gasteiger partial charge < -0.3 is 20.1 Å². The van der Waals surface area contributed by atoms with Crippen LogP contribution >= 0.6 is 0 Å². The van der Waals surface area contributed by atoms with E-state index in [1.807, 2.05) is 13.8 Å². The first kappa shape index (κ1) is 17.7. The van der Waals surface area contributed by atoms with Gasteiger partial charge in [0.15, 0.2) is 0 Å². The van der Waals surface area contributed by atoms with Crippen LogP contribution in [0.15, 0.2) is 0 Å². The summed E-state index contributed by atoms with van der Waals surface area (Å²) in [4.78, 5) is 23.5. The summed E-state index contributed by atoms with van der Waals surface area (Å²) in [6.07, 6.45) is -0.614. The number of carbonyl (C=O) groups is 2. The van der Waals surface area contributed by atoms with E-state index in [4.69, 9.17) is 9.47 Å². The van der Waals surface area contributed by atoms with Crippen LogP contribution in [0.3, 0.4) is 0 Å². The van der Waals surface area contributed by atoms with Crippen molar-refractivity contribution in [3.05, 3.63) is 0 Å². The molecule has 0 saturated heterocycles. The van der Waals surface area contributed by atoms with E-state index < -0.39 is 23.7 Å². The predicted molar refractivity (Wildman–Crippen MR) is 72.9 cm³/mol. The maximum absolute atomic E-state index is 11.8. The lowest BCUT2D eigenvalue weighted by atomic mass is 10.1. The average molecular weight is 274 g/mol. The predicted octanol–water partition coefficient (Wildman–Crippen LogP) is 1.30. The van der Waals surface area contributed by atoms with Crippen molar-refractivity contribution in [1.29, 1.82) is 0 Å². The zero-order valence-corrected chi connectivity index (χ0v) is 12.7. The van der Waals surface area contributed by atoms with Crippen LogP contribution in [0.5, 0.6) is 0 Å². The lowest BCUT2D eigenvalue weighted by molar-refractivity contribution is -0.147. The van der Waals surface area contributed by atoms with Crippen molar-refractivity contribution in [2.24, 2.45) is 5.92 Å². The van der Waals surface area contributed by atoms with Gasteiger partial charge in [-0.15, -0.1) is 0 Å². The Morgan fingerprint density at radius 3 is 2.21 bits per heavy atom. The summed E-state index contributed by atoms with van der Waals surface area (Å²) in [5, 5.41) is 5.42. The van der Waals surface area contributed by atoms with Crippen molar-refractivity contribution in [2.45, 2.75) is 46.3 Å². The summed E-state index contributed by atoms with van der Waals surface area (Å²) < 4.78 is 10.2. The minimum absolute atomic E-state index is 0.0744. The second-order valence-electron chi connectivity index (χ2n) is 5.64. The molecule has 0 saturated carbocycles. The fourth-order valence-electron chi connectivity index (χ4n) is 1.28. The average Bonchev–Trinajstić information content (AvgIpc) is 2.23. The van der Waals surface area contributed by atoms with Gasteiger partial charge in [-0.2, -0.15) is 0 Å². The largest absolute Gasteiger partial charge is 0.463 e. The maximum Gasteiger partial charge on any atom is 0.408 e. The van der Waals surface area contributed by atoms with Crippen LogP contribution < -0.4 is 10.6 Å². The molecule has 0 unspecified atom stereocenters. The molecule has 0 aliphatic rings. The van der Waals surface area contributed by atoms with Crippen LogP contribution in [-0.4, -0.2) is 43.9 Å². The van der Waals surface area contributed by atoms with Gasteiger partial charge in [0, 0.05) is 6.54 Å². The van der Waals surface area contributed by atoms with Crippen molar-refractivity contribution in [3.63, 3.8) is 0 Å². The van der Waals surface area contributed by atoms with E-state index in [1.165, 1.54) is 0 Å². The van der Waals surface area contributed by atoms with Crippen LogP contribution in [0.25, 0.3) is 0 Å². The Labute approximate surface area is 115 Å². The SMILES string of the molecule is CNCCOC(=O)[C@@H](NC(=O)OC(C)(C)C)C(C)C. The van der Waals surface area contributed by atoms with Gasteiger partial charge >= 0.3 is 12.1 Å². The highest BCUT2D eigenvalue weighted by molar-refractivity contribution is 5.81. The van der Waals surface area contributed by atoms with Crippen LogP contribution in [0.2, 0.25) is 0 Å². The van der Waals surface area contributed by atoms with Gasteiger partial charge in [0.2, 0.25) is 0 Å². The van der Waals surface area contributed by atoms with Crippen LogP contribution in [-0.2, 0) is 14.3 Å². The molecule has 0 aromatic heterocycles.